The fourth-order valence-electron chi connectivity index (χ4n) is 2.88. The van der Waals surface area contributed by atoms with Crippen molar-refractivity contribution in [2.45, 2.75) is 13.8 Å². The molecular weight excluding hydrogens is 346 g/mol. The molecule has 1 aromatic carbocycles. The quantitative estimate of drug-likeness (QED) is 0.541. The number of fused-ring (bicyclic) bond motifs is 2. The van der Waals surface area contributed by atoms with Crippen molar-refractivity contribution in [1.82, 2.24) is 19.6 Å². The van der Waals surface area contributed by atoms with Crippen molar-refractivity contribution >= 4 is 34.0 Å². The van der Waals surface area contributed by atoms with E-state index < -0.39 is 11.5 Å². The van der Waals surface area contributed by atoms with Crippen molar-refractivity contribution in [3.8, 4) is 0 Å². The molecule has 8 heteroatoms. The molecule has 0 aliphatic rings. The number of hydrogen-bond donors (Lipinski definition) is 2. The first-order valence-electron chi connectivity index (χ1n) is 8.47. The van der Waals surface area contributed by atoms with Crippen LogP contribution >= 0.6 is 0 Å². The van der Waals surface area contributed by atoms with Gasteiger partial charge >= 0.3 is 5.97 Å². The number of aromatic amines is 1. The average Bonchev–Trinajstić information content (AvgIpc) is 3.10. The van der Waals surface area contributed by atoms with Gasteiger partial charge in [0.05, 0.1) is 18.3 Å². The molecule has 0 amide bonds. The van der Waals surface area contributed by atoms with Gasteiger partial charge in [0, 0.05) is 17.3 Å². The van der Waals surface area contributed by atoms with Crippen molar-refractivity contribution in [3.05, 3.63) is 64.2 Å². The van der Waals surface area contributed by atoms with Gasteiger partial charge in [-0.05, 0) is 43.7 Å². The highest BCUT2D eigenvalue weighted by Gasteiger charge is 2.21. The summed E-state index contributed by atoms with van der Waals surface area (Å²) in [5, 5.41) is 10.8. The predicted octanol–water partition coefficient (Wildman–Crippen LogP) is 2.80. The maximum atomic E-state index is 12.9. The number of aromatic nitrogens is 4. The molecule has 8 nitrogen and oxygen atoms in total. The SMILES string of the molecule is CCOC(=O)c1c(Nc2ccc3[nH]ncc3c2)nc2ccc(C)cn2c1=O. The average molecular weight is 363 g/mol. The molecule has 3 heterocycles. The summed E-state index contributed by atoms with van der Waals surface area (Å²) < 4.78 is 6.43. The van der Waals surface area contributed by atoms with Crippen LogP contribution in [0.15, 0.2) is 47.5 Å². The molecule has 0 radical (unpaired) electrons. The Hall–Kier alpha value is -3.68. The highest BCUT2D eigenvalue weighted by Crippen LogP contribution is 2.22. The summed E-state index contributed by atoms with van der Waals surface area (Å²) in [7, 11) is 0. The van der Waals surface area contributed by atoms with Gasteiger partial charge in [0.15, 0.2) is 11.4 Å². The summed E-state index contributed by atoms with van der Waals surface area (Å²) in [6, 6.07) is 9.11. The standard InChI is InChI=1S/C19H17N5O3/c1-3-27-19(26)16-17(21-13-5-6-14-12(8-13)9-20-23-14)22-15-7-4-11(2)10-24(15)18(16)25/h4-10,21H,3H2,1-2H3,(H,20,23). The number of rotatable bonds is 4. The van der Waals surface area contributed by atoms with Crippen LogP contribution in [0, 0.1) is 6.92 Å². The Morgan fingerprint density at radius 3 is 2.96 bits per heavy atom. The Morgan fingerprint density at radius 2 is 2.15 bits per heavy atom. The van der Waals surface area contributed by atoms with E-state index in [1.807, 2.05) is 31.2 Å². The zero-order valence-electron chi connectivity index (χ0n) is 14.8. The molecule has 0 fully saturated rings. The Morgan fingerprint density at radius 1 is 1.30 bits per heavy atom. The van der Waals surface area contributed by atoms with E-state index in [4.69, 9.17) is 4.74 Å². The Balaban J connectivity index is 1.88. The molecule has 4 rings (SSSR count). The lowest BCUT2D eigenvalue weighted by Gasteiger charge is -2.12. The van der Waals surface area contributed by atoms with Gasteiger partial charge in [-0.15, -0.1) is 0 Å². The number of anilines is 2. The molecule has 0 aliphatic heterocycles. The van der Waals surface area contributed by atoms with Crippen molar-refractivity contribution in [3.63, 3.8) is 0 Å². The monoisotopic (exact) mass is 363 g/mol. The summed E-state index contributed by atoms with van der Waals surface area (Å²) in [6.07, 6.45) is 3.34. The van der Waals surface area contributed by atoms with Crippen LogP contribution < -0.4 is 10.9 Å². The minimum atomic E-state index is -0.710. The smallest absolute Gasteiger partial charge is 0.347 e. The van der Waals surface area contributed by atoms with Gasteiger partial charge in [-0.2, -0.15) is 5.10 Å². The topological polar surface area (TPSA) is 101 Å². The lowest BCUT2D eigenvalue weighted by molar-refractivity contribution is 0.0525. The first-order valence-corrected chi connectivity index (χ1v) is 8.47. The summed E-state index contributed by atoms with van der Waals surface area (Å²) in [5.41, 5.74) is 2.27. The number of carbonyl (C=O) groups is 1. The first-order chi connectivity index (χ1) is 13.1. The molecule has 0 saturated heterocycles. The normalized spacial score (nSPS) is 11.0. The van der Waals surface area contributed by atoms with E-state index in [-0.39, 0.29) is 18.0 Å². The zero-order valence-corrected chi connectivity index (χ0v) is 14.8. The second-order valence-corrected chi connectivity index (χ2v) is 6.09. The van der Waals surface area contributed by atoms with E-state index in [9.17, 15) is 9.59 Å². The lowest BCUT2D eigenvalue weighted by atomic mass is 10.2. The van der Waals surface area contributed by atoms with Crippen molar-refractivity contribution in [1.29, 1.82) is 0 Å². The third-order valence-electron chi connectivity index (χ3n) is 4.15. The molecule has 2 N–H and O–H groups in total. The van der Waals surface area contributed by atoms with Gasteiger partial charge in [-0.25, -0.2) is 9.78 Å². The molecule has 27 heavy (non-hydrogen) atoms. The molecular formula is C19H17N5O3. The number of pyridine rings is 1. The second kappa shape index (κ2) is 6.56. The second-order valence-electron chi connectivity index (χ2n) is 6.09. The van der Waals surface area contributed by atoms with Gasteiger partial charge in [0.25, 0.3) is 5.56 Å². The largest absolute Gasteiger partial charge is 0.462 e. The third-order valence-corrected chi connectivity index (χ3v) is 4.15. The van der Waals surface area contributed by atoms with Gasteiger partial charge in [0.2, 0.25) is 0 Å². The van der Waals surface area contributed by atoms with E-state index in [0.717, 1.165) is 16.5 Å². The van der Waals surface area contributed by atoms with Crippen molar-refractivity contribution in [2.24, 2.45) is 0 Å². The molecule has 136 valence electrons. The van der Waals surface area contributed by atoms with Gasteiger partial charge in [0.1, 0.15) is 5.65 Å². The summed E-state index contributed by atoms with van der Waals surface area (Å²) >= 11 is 0. The Kier molecular flexibility index (Phi) is 4.08. The predicted molar refractivity (Wildman–Crippen MR) is 102 cm³/mol. The van der Waals surface area contributed by atoms with E-state index in [0.29, 0.717) is 11.3 Å². The third kappa shape index (κ3) is 3.01. The molecule has 0 bridgehead atoms. The number of carbonyl (C=O) groups excluding carboxylic acids is 1. The number of ether oxygens (including phenoxy) is 1. The van der Waals surface area contributed by atoms with Crippen molar-refractivity contribution < 1.29 is 9.53 Å². The maximum absolute atomic E-state index is 12.9. The summed E-state index contributed by atoms with van der Waals surface area (Å²) in [4.78, 5) is 29.9. The van der Waals surface area contributed by atoms with Crippen LogP contribution in [0.25, 0.3) is 16.6 Å². The van der Waals surface area contributed by atoms with Gasteiger partial charge < -0.3 is 10.1 Å². The Labute approximate surface area is 153 Å². The summed E-state index contributed by atoms with van der Waals surface area (Å²) in [6.45, 7) is 3.71. The highest BCUT2D eigenvalue weighted by atomic mass is 16.5. The van der Waals surface area contributed by atoms with Crippen LogP contribution in [0.3, 0.4) is 0 Å². The molecule has 4 aromatic rings. The summed E-state index contributed by atoms with van der Waals surface area (Å²) in [5.74, 6) is -0.553. The van der Waals surface area contributed by atoms with Crippen LogP contribution in [0.1, 0.15) is 22.8 Å². The number of nitrogens with zero attached hydrogens (tertiary/aromatic N) is 3. The Bertz CT molecular complexity index is 1230. The number of H-pyrrole nitrogens is 1. The zero-order chi connectivity index (χ0) is 19.0. The molecule has 0 atom stereocenters. The van der Waals surface area contributed by atoms with E-state index >= 15 is 0 Å². The molecule has 0 aliphatic carbocycles. The maximum Gasteiger partial charge on any atom is 0.347 e. The molecule has 0 saturated carbocycles. The number of hydrogen-bond acceptors (Lipinski definition) is 6. The number of benzene rings is 1. The number of aryl methyl sites for hydroxylation is 1. The van der Waals surface area contributed by atoms with E-state index in [1.165, 1.54) is 4.40 Å². The van der Waals surface area contributed by atoms with Gasteiger partial charge in [-0.3, -0.25) is 14.3 Å². The van der Waals surface area contributed by atoms with Crippen LogP contribution in [0.2, 0.25) is 0 Å². The fraction of sp³-hybridized carbons (Fsp3) is 0.158. The van der Waals surface area contributed by atoms with Crippen molar-refractivity contribution in [2.75, 3.05) is 11.9 Å². The van der Waals surface area contributed by atoms with Crippen LogP contribution in [-0.4, -0.2) is 32.2 Å². The lowest BCUT2D eigenvalue weighted by Crippen LogP contribution is -2.26. The van der Waals surface area contributed by atoms with Crippen LogP contribution in [0.4, 0.5) is 11.5 Å². The fourth-order valence-corrected chi connectivity index (χ4v) is 2.88. The molecule has 3 aromatic heterocycles. The van der Waals surface area contributed by atoms with Gasteiger partial charge in [-0.1, -0.05) is 6.07 Å². The van der Waals surface area contributed by atoms with Crippen LogP contribution in [0.5, 0.6) is 0 Å². The minimum absolute atomic E-state index is 0.132. The van der Waals surface area contributed by atoms with E-state index in [1.54, 1.807) is 25.4 Å². The first kappa shape index (κ1) is 16.8. The molecule has 0 unspecified atom stereocenters. The minimum Gasteiger partial charge on any atom is -0.462 e. The van der Waals surface area contributed by atoms with E-state index in [2.05, 4.69) is 20.5 Å². The molecule has 0 spiro atoms. The highest BCUT2D eigenvalue weighted by molar-refractivity contribution is 5.96. The van der Waals surface area contributed by atoms with Crippen LogP contribution in [-0.2, 0) is 4.74 Å². The number of nitrogens with one attached hydrogen (secondary N) is 2. The number of esters is 1.